The minimum atomic E-state index is -0.208. The molecule has 0 radical (unpaired) electrons. The molecule has 0 spiro atoms. The maximum Gasteiger partial charge on any atom is 0.216 e. The third-order valence-corrected chi connectivity index (χ3v) is 1.49. The lowest BCUT2D eigenvalue weighted by Gasteiger charge is -1.96. The summed E-state index contributed by atoms with van der Waals surface area (Å²) in [5, 5.41) is -0.208. The fourth-order valence-electron chi connectivity index (χ4n) is 0.713. The highest BCUT2D eigenvalue weighted by atomic mass is 32.1. The largest absolute Gasteiger partial charge is 0.282 e. The fraction of sp³-hybridized carbons (Fsp3) is 0.143. The maximum absolute atomic E-state index is 10.7. The van der Waals surface area contributed by atoms with Gasteiger partial charge in [-0.1, -0.05) is 0 Å². The average Bonchev–Trinajstić information content (AvgIpc) is 1.88. The van der Waals surface area contributed by atoms with E-state index in [-0.39, 0.29) is 5.12 Å². The summed E-state index contributed by atoms with van der Waals surface area (Å²) in [7, 11) is 0. The third-order valence-electron chi connectivity index (χ3n) is 1.25. The Kier molecular flexibility index (Phi) is 2.06. The minimum absolute atomic E-state index is 0.208. The Hall–Kier alpha value is -0.830. The van der Waals surface area contributed by atoms with Crippen LogP contribution in [0.4, 0.5) is 0 Å². The number of nitrogens with zero attached hydrogens (tertiary/aromatic N) is 1. The van der Waals surface area contributed by atoms with Crippen molar-refractivity contribution in [2.75, 3.05) is 0 Å². The molecule has 0 aliphatic heterocycles. The number of carbonyl (C=O) groups excluding carboxylic acids is 1. The van der Waals surface area contributed by atoms with E-state index < -0.39 is 0 Å². The normalized spacial score (nSPS) is 9.40. The monoisotopic (exact) mass is 153 g/mol. The zero-order valence-electron chi connectivity index (χ0n) is 5.53. The van der Waals surface area contributed by atoms with Gasteiger partial charge in [0.15, 0.2) is 0 Å². The van der Waals surface area contributed by atoms with Crippen molar-refractivity contribution >= 4 is 17.7 Å². The van der Waals surface area contributed by atoms with Crippen molar-refractivity contribution in [1.29, 1.82) is 0 Å². The first-order valence-corrected chi connectivity index (χ1v) is 3.30. The van der Waals surface area contributed by atoms with Crippen LogP contribution in [-0.2, 0) is 0 Å². The molecule has 0 saturated carbocycles. The molecule has 10 heavy (non-hydrogen) atoms. The number of aromatic nitrogens is 1. The quantitative estimate of drug-likeness (QED) is 0.619. The van der Waals surface area contributed by atoms with Gasteiger partial charge in [-0.15, -0.1) is 12.6 Å². The smallest absolute Gasteiger partial charge is 0.216 e. The van der Waals surface area contributed by atoms with Crippen molar-refractivity contribution in [3.05, 3.63) is 29.6 Å². The molecule has 0 N–H and O–H groups in total. The van der Waals surface area contributed by atoms with E-state index >= 15 is 0 Å². The van der Waals surface area contributed by atoms with Crippen molar-refractivity contribution in [3.63, 3.8) is 0 Å². The van der Waals surface area contributed by atoms with E-state index in [1.165, 1.54) is 0 Å². The second-order valence-corrected chi connectivity index (χ2v) is 2.40. The molecule has 0 aromatic carbocycles. The molecule has 0 atom stereocenters. The van der Waals surface area contributed by atoms with Gasteiger partial charge in [0.05, 0.1) is 0 Å². The summed E-state index contributed by atoms with van der Waals surface area (Å²) in [5.74, 6) is 0. The van der Waals surface area contributed by atoms with Crippen LogP contribution < -0.4 is 0 Å². The summed E-state index contributed by atoms with van der Waals surface area (Å²) < 4.78 is 0. The Balaban J connectivity index is 3.15. The SMILES string of the molecule is Cc1cnccc1C(=O)S. The van der Waals surface area contributed by atoms with Crippen LogP contribution in [0.1, 0.15) is 15.9 Å². The van der Waals surface area contributed by atoms with Crippen molar-refractivity contribution in [3.8, 4) is 0 Å². The molecule has 1 aromatic rings. The minimum Gasteiger partial charge on any atom is -0.282 e. The van der Waals surface area contributed by atoms with Gasteiger partial charge in [0, 0.05) is 18.0 Å². The highest BCUT2D eigenvalue weighted by molar-refractivity contribution is 7.97. The van der Waals surface area contributed by atoms with Gasteiger partial charge in [-0.25, -0.2) is 0 Å². The van der Waals surface area contributed by atoms with Crippen LogP contribution in [0.5, 0.6) is 0 Å². The Morgan fingerprint density at radius 2 is 2.40 bits per heavy atom. The van der Waals surface area contributed by atoms with Crippen LogP contribution >= 0.6 is 12.6 Å². The predicted molar refractivity (Wildman–Crippen MR) is 42.3 cm³/mol. The number of pyridine rings is 1. The fourth-order valence-corrected chi connectivity index (χ4v) is 0.964. The van der Waals surface area contributed by atoms with E-state index in [0.29, 0.717) is 5.56 Å². The second kappa shape index (κ2) is 2.84. The Morgan fingerprint density at radius 3 is 2.80 bits per heavy atom. The van der Waals surface area contributed by atoms with Crippen LogP contribution in [0, 0.1) is 6.92 Å². The number of hydrogen-bond acceptors (Lipinski definition) is 2. The van der Waals surface area contributed by atoms with E-state index in [1.807, 2.05) is 6.92 Å². The van der Waals surface area contributed by atoms with Gasteiger partial charge in [0.2, 0.25) is 5.12 Å². The molecular formula is C7H7NOS. The topological polar surface area (TPSA) is 30.0 Å². The van der Waals surface area contributed by atoms with E-state index in [1.54, 1.807) is 18.5 Å². The lowest BCUT2D eigenvalue weighted by Crippen LogP contribution is -1.92. The molecule has 1 rings (SSSR count). The first-order chi connectivity index (χ1) is 4.72. The van der Waals surface area contributed by atoms with Crippen LogP contribution in [0.15, 0.2) is 18.5 Å². The summed E-state index contributed by atoms with van der Waals surface area (Å²) in [6.45, 7) is 1.83. The predicted octanol–water partition coefficient (Wildman–Crippen LogP) is 1.46. The zero-order chi connectivity index (χ0) is 7.56. The molecule has 1 heterocycles. The first-order valence-electron chi connectivity index (χ1n) is 2.85. The van der Waals surface area contributed by atoms with E-state index in [0.717, 1.165) is 5.56 Å². The zero-order valence-corrected chi connectivity index (χ0v) is 6.43. The summed E-state index contributed by atoms with van der Waals surface area (Å²) in [6.07, 6.45) is 3.22. The van der Waals surface area contributed by atoms with Gasteiger partial charge in [0.1, 0.15) is 0 Å². The molecule has 0 fully saturated rings. The van der Waals surface area contributed by atoms with Gasteiger partial charge in [-0.05, 0) is 18.6 Å². The molecule has 52 valence electrons. The molecule has 0 amide bonds. The van der Waals surface area contributed by atoms with Crippen LogP contribution in [0.2, 0.25) is 0 Å². The molecule has 0 unspecified atom stereocenters. The van der Waals surface area contributed by atoms with Crippen LogP contribution in [-0.4, -0.2) is 10.1 Å². The average molecular weight is 153 g/mol. The molecule has 0 aliphatic rings. The van der Waals surface area contributed by atoms with Crippen LogP contribution in [0.25, 0.3) is 0 Å². The number of carbonyl (C=O) groups is 1. The van der Waals surface area contributed by atoms with Crippen LogP contribution in [0.3, 0.4) is 0 Å². The highest BCUT2D eigenvalue weighted by Crippen LogP contribution is 2.06. The maximum atomic E-state index is 10.7. The van der Waals surface area contributed by atoms with Gasteiger partial charge in [0.25, 0.3) is 0 Å². The molecular weight excluding hydrogens is 146 g/mol. The second-order valence-electron chi connectivity index (χ2n) is 2.00. The molecule has 1 aromatic heterocycles. The molecule has 2 nitrogen and oxygen atoms in total. The van der Waals surface area contributed by atoms with Gasteiger partial charge >= 0.3 is 0 Å². The summed E-state index contributed by atoms with van der Waals surface area (Å²) in [6, 6.07) is 1.66. The number of thiol groups is 1. The molecule has 0 aliphatic carbocycles. The Bertz CT molecular complexity index is 260. The van der Waals surface area contributed by atoms with Crippen molar-refractivity contribution in [1.82, 2.24) is 4.98 Å². The number of aryl methyl sites for hydroxylation is 1. The summed E-state index contributed by atoms with van der Waals surface area (Å²) in [5.41, 5.74) is 1.49. The number of hydrogen-bond donors (Lipinski definition) is 1. The van der Waals surface area contributed by atoms with Gasteiger partial charge < -0.3 is 0 Å². The Morgan fingerprint density at radius 1 is 1.70 bits per heavy atom. The lowest BCUT2D eigenvalue weighted by molar-refractivity contribution is 0.109. The first kappa shape index (κ1) is 7.28. The molecule has 3 heteroatoms. The molecule has 0 saturated heterocycles. The van der Waals surface area contributed by atoms with Crippen molar-refractivity contribution in [2.24, 2.45) is 0 Å². The molecule has 0 bridgehead atoms. The third kappa shape index (κ3) is 1.36. The summed E-state index contributed by atoms with van der Waals surface area (Å²) in [4.78, 5) is 14.5. The highest BCUT2D eigenvalue weighted by Gasteiger charge is 2.01. The Labute approximate surface area is 64.7 Å². The van der Waals surface area contributed by atoms with Gasteiger partial charge in [-0.2, -0.15) is 0 Å². The van der Waals surface area contributed by atoms with Gasteiger partial charge in [-0.3, -0.25) is 9.78 Å². The van der Waals surface area contributed by atoms with Crippen molar-refractivity contribution in [2.45, 2.75) is 6.92 Å². The van der Waals surface area contributed by atoms with E-state index in [4.69, 9.17) is 0 Å². The number of rotatable bonds is 1. The van der Waals surface area contributed by atoms with E-state index in [9.17, 15) is 4.79 Å². The summed E-state index contributed by atoms with van der Waals surface area (Å²) >= 11 is 3.69. The lowest BCUT2D eigenvalue weighted by atomic mass is 10.2. The van der Waals surface area contributed by atoms with Crippen molar-refractivity contribution < 1.29 is 4.79 Å². The van der Waals surface area contributed by atoms with E-state index in [2.05, 4.69) is 17.6 Å². The standard InChI is InChI=1S/C7H7NOS/c1-5-4-8-3-2-6(5)7(9)10/h2-4H,1H3,(H,9,10).